The highest BCUT2D eigenvalue weighted by molar-refractivity contribution is 7.10. The van der Waals surface area contributed by atoms with Gasteiger partial charge in [-0.15, -0.1) is 11.3 Å². The predicted molar refractivity (Wildman–Crippen MR) is 94.5 cm³/mol. The third kappa shape index (κ3) is 3.04. The third-order valence-corrected chi connectivity index (χ3v) is 5.87. The highest BCUT2D eigenvalue weighted by atomic mass is 32.1. The van der Waals surface area contributed by atoms with Crippen molar-refractivity contribution in [3.63, 3.8) is 0 Å². The molecule has 130 valence electrons. The van der Waals surface area contributed by atoms with Crippen molar-refractivity contribution >= 4 is 23.2 Å². The molecular weight excluding hydrogens is 336 g/mol. The van der Waals surface area contributed by atoms with E-state index >= 15 is 0 Å². The molecule has 2 aromatic rings. The summed E-state index contributed by atoms with van der Waals surface area (Å²) in [7, 11) is 0. The van der Waals surface area contributed by atoms with Gasteiger partial charge in [0.1, 0.15) is 0 Å². The molecule has 0 saturated carbocycles. The summed E-state index contributed by atoms with van der Waals surface area (Å²) in [5.74, 6) is -0.373. The van der Waals surface area contributed by atoms with Crippen LogP contribution in [0.1, 0.15) is 57.6 Å². The molecule has 0 spiro atoms. The summed E-state index contributed by atoms with van der Waals surface area (Å²) in [6, 6.07) is 4.13. The van der Waals surface area contributed by atoms with Gasteiger partial charge in [-0.3, -0.25) is 9.59 Å². The third-order valence-electron chi connectivity index (χ3n) is 4.90. The van der Waals surface area contributed by atoms with E-state index in [0.717, 1.165) is 38.8 Å². The van der Waals surface area contributed by atoms with Gasteiger partial charge in [-0.25, -0.2) is 9.97 Å². The summed E-state index contributed by atoms with van der Waals surface area (Å²) in [6.07, 6.45) is 7.07. The fourth-order valence-corrected chi connectivity index (χ4v) is 4.31. The van der Waals surface area contributed by atoms with Crippen LogP contribution in [0.15, 0.2) is 29.9 Å². The van der Waals surface area contributed by atoms with E-state index in [0.29, 0.717) is 6.54 Å². The number of hydrogen-bond acceptors (Lipinski definition) is 5. The zero-order valence-electron chi connectivity index (χ0n) is 13.9. The van der Waals surface area contributed by atoms with Crippen molar-refractivity contribution in [3.05, 3.63) is 46.2 Å². The summed E-state index contributed by atoms with van der Waals surface area (Å²) in [5, 5.41) is 2.02. The number of nitrogens with zero attached hydrogens (tertiary/aromatic N) is 4. The van der Waals surface area contributed by atoms with E-state index in [1.54, 1.807) is 21.1 Å². The lowest BCUT2D eigenvalue weighted by Gasteiger charge is -2.40. The highest BCUT2D eigenvalue weighted by Gasteiger charge is 2.37. The lowest BCUT2D eigenvalue weighted by atomic mass is 10.00. The average Bonchev–Trinajstić information content (AvgIpc) is 3.14. The Morgan fingerprint density at radius 1 is 1.00 bits per heavy atom. The van der Waals surface area contributed by atoms with Crippen LogP contribution >= 0.6 is 11.3 Å². The summed E-state index contributed by atoms with van der Waals surface area (Å²) in [4.78, 5) is 39.0. The number of likely N-dealkylation sites (tertiary alicyclic amines) is 2. The number of carbonyl (C=O) groups is 2. The first-order chi connectivity index (χ1) is 12.3. The summed E-state index contributed by atoms with van der Waals surface area (Å²) >= 11 is 1.65. The van der Waals surface area contributed by atoms with Gasteiger partial charge in [0.05, 0.1) is 6.04 Å². The zero-order chi connectivity index (χ0) is 17.2. The van der Waals surface area contributed by atoms with Gasteiger partial charge >= 0.3 is 0 Å². The van der Waals surface area contributed by atoms with E-state index in [2.05, 4.69) is 9.97 Å². The van der Waals surface area contributed by atoms with Crippen LogP contribution in [0.4, 0.5) is 0 Å². The predicted octanol–water partition coefficient (Wildman–Crippen LogP) is 2.75. The van der Waals surface area contributed by atoms with Gasteiger partial charge in [0.15, 0.2) is 11.4 Å². The van der Waals surface area contributed by atoms with E-state index in [9.17, 15) is 9.59 Å². The fraction of sp³-hybridized carbons (Fsp3) is 0.444. The molecule has 0 radical (unpaired) electrons. The van der Waals surface area contributed by atoms with Gasteiger partial charge in [-0.1, -0.05) is 6.07 Å². The summed E-state index contributed by atoms with van der Waals surface area (Å²) in [5.41, 5.74) is 0.366. The van der Waals surface area contributed by atoms with Crippen LogP contribution in [-0.4, -0.2) is 51.2 Å². The maximum absolute atomic E-state index is 13.0. The molecule has 2 saturated heterocycles. The Bertz CT molecular complexity index is 771. The number of piperidine rings is 1. The standard InChI is InChI=1S/C18H20N4O2S/c23-17(21-9-2-1-3-10-21)15-16(20-8-7-19-15)18(24)22-11-6-13(22)14-5-4-12-25-14/h4-5,7-8,12-13H,1-3,6,9-11H2/t13-/m0/s1. The highest BCUT2D eigenvalue weighted by Crippen LogP contribution is 2.36. The molecule has 4 heterocycles. The van der Waals surface area contributed by atoms with Crippen LogP contribution < -0.4 is 0 Å². The fourth-order valence-electron chi connectivity index (χ4n) is 3.44. The second kappa shape index (κ2) is 6.92. The molecule has 0 unspecified atom stereocenters. The largest absolute Gasteiger partial charge is 0.337 e. The van der Waals surface area contributed by atoms with Crippen LogP contribution in [0.3, 0.4) is 0 Å². The Hall–Kier alpha value is -2.28. The average molecular weight is 356 g/mol. The Labute approximate surface area is 150 Å². The minimum absolute atomic E-state index is 0.0902. The molecule has 0 aromatic carbocycles. The van der Waals surface area contributed by atoms with Crippen molar-refractivity contribution in [1.82, 2.24) is 19.8 Å². The van der Waals surface area contributed by atoms with Gasteiger partial charge in [0.25, 0.3) is 11.8 Å². The Morgan fingerprint density at radius 2 is 1.72 bits per heavy atom. The first-order valence-corrected chi connectivity index (χ1v) is 9.58. The minimum atomic E-state index is -0.196. The monoisotopic (exact) mass is 356 g/mol. The first-order valence-electron chi connectivity index (χ1n) is 8.70. The van der Waals surface area contributed by atoms with Crippen molar-refractivity contribution in [3.8, 4) is 0 Å². The van der Waals surface area contributed by atoms with E-state index < -0.39 is 0 Å². The van der Waals surface area contributed by atoms with Crippen LogP contribution in [0.25, 0.3) is 0 Å². The lowest BCUT2D eigenvalue weighted by Crippen LogP contribution is -2.46. The maximum Gasteiger partial charge on any atom is 0.275 e. The summed E-state index contributed by atoms with van der Waals surface area (Å²) in [6.45, 7) is 2.14. The van der Waals surface area contributed by atoms with Crippen molar-refractivity contribution in [2.45, 2.75) is 31.7 Å². The Kier molecular flexibility index (Phi) is 4.48. The number of rotatable bonds is 3. The van der Waals surface area contributed by atoms with Crippen LogP contribution in [0, 0.1) is 0 Å². The van der Waals surface area contributed by atoms with Gasteiger partial charge in [-0.05, 0) is 37.1 Å². The number of aromatic nitrogens is 2. The number of thiophene rings is 1. The second-order valence-corrected chi connectivity index (χ2v) is 7.40. The van der Waals surface area contributed by atoms with Crippen molar-refractivity contribution in [1.29, 1.82) is 0 Å². The molecule has 2 amide bonds. The molecule has 7 heteroatoms. The normalized spacial score (nSPS) is 20.2. The molecule has 2 aliphatic heterocycles. The Balaban J connectivity index is 1.58. The topological polar surface area (TPSA) is 66.4 Å². The van der Waals surface area contributed by atoms with E-state index in [-0.39, 0.29) is 29.2 Å². The second-order valence-electron chi connectivity index (χ2n) is 6.42. The maximum atomic E-state index is 13.0. The van der Waals surface area contributed by atoms with Crippen LogP contribution in [-0.2, 0) is 0 Å². The van der Waals surface area contributed by atoms with Gasteiger partial charge in [0.2, 0.25) is 0 Å². The number of hydrogen-bond donors (Lipinski definition) is 0. The van der Waals surface area contributed by atoms with Crippen molar-refractivity contribution < 1.29 is 9.59 Å². The SMILES string of the molecule is O=C(c1nccnc1C(=O)N1CC[C@H]1c1cccs1)N1CCCCC1. The molecule has 2 fully saturated rings. The molecule has 6 nitrogen and oxygen atoms in total. The molecule has 4 rings (SSSR count). The quantitative estimate of drug-likeness (QED) is 0.848. The van der Waals surface area contributed by atoms with Crippen molar-refractivity contribution in [2.75, 3.05) is 19.6 Å². The summed E-state index contributed by atoms with van der Waals surface area (Å²) < 4.78 is 0. The van der Waals surface area contributed by atoms with Crippen LogP contribution in [0.5, 0.6) is 0 Å². The first kappa shape index (κ1) is 16.2. The molecule has 0 bridgehead atoms. The number of amides is 2. The molecule has 0 N–H and O–H groups in total. The van der Waals surface area contributed by atoms with E-state index in [1.165, 1.54) is 17.3 Å². The van der Waals surface area contributed by atoms with Gasteiger partial charge in [0, 0.05) is 36.9 Å². The zero-order valence-corrected chi connectivity index (χ0v) is 14.7. The molecule has 1 atom stereocenters. The molecular formula is C18H20N4O2S. The van der Waals surface area contributed by atoms with E-state index in [4.69, 9.17) is 0 Å². The molecule has 2 aliphatic rings. The Morgan fingerprint density at radius 3 is 2.32 bits per heavy atom. The van der Waals surface area contributed by atoms with Crippen LogP contribution in [0.2, 0.25) is 0 Å². The smallest absolute Gasteiger partial charge is 0.275 e. The van der Waals surface area contributed by atoms with Gasteiger partial charge < -0.3 is 9.80 Å². The lowest BCUT2D eigenvalue weighted by molar-refractivity contribution is 0.0454. The van der Waals surface area contributed by atoms with Crippen molar-refractivity contribution in [2.24, 2.45) is 0 Å². The number of carbonyl (C=O) groups excluding carboxylic acids is 2. The molecule has 2 aromatic heterocycles. The van der Waals surface area contributed by atoms with Gasteiger partial charge in [-0.2, -0.15) is 0 Å². The minimum Gasteiger partial charge on any atom is -0.337 e. The molecule has 0 aliphatic carbocycles. The molecule has 25 heavy (non-hydrogen) atoms. The van der Waals surface area contributed by atoms with E-state index in [1.807, 2.05) is 17.5 Å².